The van der Waals surface area contributed by atoms with Crippen molar-refractivity contribution in [2.24, 2.45) is 0 Å². The van der Waals surface area contributed by atoms with Crippen molar-refractivity contribution in [1.82, 2.24) is 0 Å². The molecule has 166 valence electrons. The Bertz CT molecular complexity index is 503. The topological polar surface area (TPSA) is 115 Å². The molecule has 0 spiro atoms. The van der Waals surface area contributed by atoms with Gasteiger partial charge in [0, 0.05) is 29.2 Å². The maximum atomic E-state index is 10.9. The number of ether oxygens (including phenoxy) is 1. The molecular formula is C20H32FeO7Si. The fraction of sp³-hybridized carbons (Fsp3) is 0.600. The van der Waals surface area contributed by atoms with Crippen molar-refractivity contribution in [2.45, 2.75) is 70.9 Å². The van der Waals surface area contributed by atoms with Gasteiger partial charge in [0.25, 0.3) is 0 Å². The first-order chi connectivity index (χ1) is 13.0. The van der Waals surface area contributed by atoms with E-state index in [2.05, 4.69) is 65.5 Å². The Kier molecular flexibility index (Phi) is 30.6. The van der Waals surface area contributed by atoms with E-state index in [0.29, 0.717) is 6.42 Å². The second kappa shape index (κ2) is 23.1. The van der Waals surface area contributed by atoms with Crippen molar-refractivity contribution in [3.05, 3.63) is 44.3 Å². The molecule has 0 radical (unpaired) electrons. The molecule has 0 bridgehead atoms. The second-order valence-corrected chi connectivity index (χ2v) is 11.9. The van der Waals surface area contributed by atoms with Crippen LogP contribution in [0.1, 0.15) is 40.5 Å². The van der Waals surface area contributed by atoms with E-state index in [1.165, 1.54) is 13.2 Å². The number of carbonyl (C=O) groups is 1. The van der Waals surface area contributed by atoms with Gasteiger partial charge in [-0.25, -0.2) is 4.79 Å². The van der Waals surface area contributed by atoms with Crippen LogP contribution in [0.4, 0.5) is 0 Å². The third-order valence-electron chi connectivity index (χ3n) is 4.05. The molecule has 0 amide bonds. The summed E-state index contributed by atoms with van der Waals surface area (Å²) < 4.78 is 33.2. The summed E-state index contributed by atoms with van der Waals surface area (Å²) in [6.07, 6.45) is 7.23. The largest absolute Gasteiger partial charge is 0 e. The predicted octanol–water partition coefficient (Wildman–Crippen LogP) is 3.71. The van der Waals surface area contributed by atoms with Gasteiger partial charge in [-0.3, -0.25) is 0 Å². The van der Waals surface area contributed by atoms with E-state index in [1.54, 1.807) is 18.2 Å². The van der Waals surface area contributed by atoms with Crippen LogP contribution in [0.15, 0.2) is 24.3 Å². The molecule has 0 saturated carbocycles. The van der Waals surface area contributed by atoms with Crippen molar-refractivity contribution in [3.63, 3.8) is 0 Å². The molecule has 0 aromatic carbocycles. The van der Waals surface area contributed by atoms with E-state index in [4.69, 9.17) is 18.4 Å². The summed E-state index contributed by atoms with van der Waals surface area (Å²) in [6.45, 7) is 26.7. The average Bonchev–Trinajstić information content (AvgIpc) is 2.67. The van der Waals surface area contributed by atoms with Crippen LogP contribution in [-0.4, -0.2) is 38.7 Å². The Morgan fingerprint density at radius 1 is 1.07 bits per heavy atom. The molecule has 29 heavy (non-hydrogen) atoms. The van der Waals surface area contributed by atoms with Crippen LogP contribution >= 0.6 is 0 Å². The molecule has 0 aliphatic rings. The molecule has 0 aliphatic carbocycles. The van der Waals surface area contributed by atoms with E-state index in [0.717, 1.165) is 6.42 Å². The van der Waals surface area contributed by atoms with Crippen LogP contribution in [0.25, 0.3) is 0 Å². The molecular weight excluding hydrogens is 436 g/mol. The van der Waals surface area contributed by atoms with E-state index in [9.17, 15) is 9.90 Å². The third-order valence-corrected chi connectivity index (χ3v) is 8.65. The van der Waals surface area contributed by atoms with E-state index >= 15 is 0 Å². The minimum Gasteiger partial charge on any atom is 0 e. The number of methoxy groups -OCH3 is 1. The van der Waals surface area contributed by atoms with Gasteiger partial charge in [0.2, 0.25) is 0 Å². The maximum absolute atomic E-state index is 10.9. The number of carbonyl (C=O) groups excluding carboxylic acids is 1. The number of rotatable bonds is 8. The molecule has 7 nitrogen and oxygen atoms in total. The summed E-state index contributed by atoms with van der Waals surface area (Å²) in [6, 6.07) is 0. The van der Waals surface area contributed by atoms with Gasteiger partial charge in [-0.2, -0.15) is 0 Å². The zero-order valence-corrected chi connectivity index (χ0v) is 20.2. The number of hydrogen-bond donors (Lipinski definition) is 1. The maximum Gasteiger partial charge on any atom is 0 e. The molecule has 0 aromatic heterocycles. The quantitative estimate of drug-likeness (QED) is 0.146. The molecule has 0 aromatic rings. The van der Waals surface area contributed by atoms with Crippen LogP contribution < -0.4 is 0 Å². The Labute approximate surface area is 186 Å². The van der Waals surface area contributed by atoms with Crippen LogP contribution in [0.3, 0.4) is 0 Å². The van der Waals surface area contributed by atoms with Crippen LogP contribution in [0.5, 0.6) is 0 Å². The molecule has 9 heteroatoms. The molecule has 0 heterocycles. The first kappa shape index (κ1) is 38.4. The number of aliphatic hydroxyl groups excluding tert-OH is 1. The van der Waals surface area contributed by atoms with Gasteiger partial charge in [-0.1, -0.05) is 39.0 Å². The van der Waals surface area contributed by atoms with Gasteiger partial charge in [-0.15, -0.1) is 0 Å². The van der Waals surface area contributed by atoms with Crippen LogP contribution in [-0.2, 0) is 45.0 Å². The van der Waals surface area contributed by atoms with Gasteiger partial charge < -0.3 is 14.3 Å². The van der Waals surface area contributed by atoms with Gasteiger partial charge in [-0.05, 0) is 37.9 Å². The Hall–Kier alpha value is -1.17. The average molecular weight is 468 g/mol. The molecule has 0 aliphatic heterocycles. The Morgan fingerprint density at radius 3 is 1.90 bits per heavy atom. The zero-order valence-electron chi connectivity index (χ0n) is 18.1. The predicted molar refractivity (Wildman–Crippen MR) is 105 cm³/mol. The fourth-order valence-corrected chi connectivity index (χ4v) is 3.11. The van der Waals surface area contributed by atoms with Crippen molar-refractivity contribution < 1.29 is 50.1 Å². The molecule has 0 saturated heterocycles. The minimum atomic E-state index is -1.75. The van der Waals surface area contributed by atoms with E-state index in [1.807, 2.05) is 0 Å². The fourth-order valence-electron chi connectivity index (χ4n) is 1.63. The van der Waals surface area contributed by atoms with Crippen molar-refractivity contribution in [1.29, 1.82) is 0 Å². The van der Waals surface area contributed by atoms with Crippen molar-refractivity contribution >= 4 is 14.3 Å². The third kappa shape index (κ3) is 23.0. The summed E-state index contributed by atoms with van der Waals surface area (Å²) in [4.78, 5) is 10.9. The first-order valence-corrected chi connectivity index (χ1v) is 11.3. The summed E-state index contributed by atoms with van der Waals surface area (Å²) in [7, 11) is -0.422. The van der Waals surface area contributed by atoms with Crippen molar-refractivity contribution in [3.8, 4) is 0 Å². The number of hydrogen-bond acceptors (Lipinski definition) is 4. The molecule has 1 N–H and O–H groups in total. The van der Waals surface area contributed by atoms with Crippen LogP contribution in [0, 0.1) is 20.0 Å². The van der Waals surface area contributed by atoms with Gasteiger partial charge in [0.05, 0.1) is 13.2 Å². The molecule has 2 atom stereocenters. The zero-order chi connectivity index (χ0) is 23.4. The summed E-state index contributed by atoms with van der Waals surface area (Å²) in [5.41, 5.74) is 0. The normalized spacial score (nSPS) is 12.5. The van der Waals surface area contributed by atoms with E-state index < -0.39 is 20.4 Å². The van der Waals surface area contributed by atoms with Gasteiger partial charge in [0.1, 0.15) is 0 Å². The summed E-state index contributed by atoms with van der Waals surface area (Å²) in [5.74, 6) is -0.407. The monoisotopic (exact) mass is 468 g/mol. The molecule has 0 rings (SSSR count). The SMILES string of the molecule is COC(=O)/C=C/C=C/[C@@H](O)CC[C@@H](C)O[Si](C)(C)C(C)(C)C.[C-]#[O+].[C-]#[O+].[C-]#[O+].[Fe]. The number of aliphatic hydroxyl groups is 1. The minimum absolute atomic E-state index is 0. The van der Waals surface area contributed by atoms with E-state index in [-0.39, 0.29) is 28.2 Å². The number of allylic oxidation sites excluding steroid dienone is 2. The van der Waals surface area contributed by atoms with Gasteiger partial charge >= 0.3 is 39.9 Å². The first-order valence-electron chi connectivity index (χ1n) is 8.39. The standard InChI is InChI=1S/C17H32O4Si.3CO.Fe/c1-14(21-22(6,7)17(2,3)4)12-13-15(18)10-8-9-11-16(19)20-5;3*1-2;/h8-11,14-15,18H,12-13H2,1-7H3;;;;/b10-8+,11-9+;;;;/t14-,15-;;;;/m1..../s1. The molecule has 0 fully saturated rings. The number of esters is 1. The summed E-state index contributed by atoms with van der Waals surface area (Å²) >= 11 is 0. The molecule has 0 unspecified atom stereocenters. The smallest absolute Gasteiger partial charge is 0 e. The second-order valence-electron chi connectivity index (χ2n) is 7.10. The van der Waals surface area contributed by atoms with Crippen LogP contribution in [0.2, 0.25) is 18.1 Å². The van der Waals surface area contributed by atoms with Crippen molar-refractivity contribution in [2.75, 3.05) is 7.11 Å². The summed E-state index contributed by atoms with van der Waals surface area (Å²) in [5, 5.41) is 10.1. The van der Waals surface area contributed by atoms with Gasteiger partial charge in [0.15, 0.2) is 8.32 Å². The Morgan fingerprint density at radius 2 is 1.52 bits per heavy atom. The Balaban J connectivity index is -0.000000249.